The lowest BCUT2D eigenvalue weighted by Gasteiger charge is -2.40. The van der Waals surface area contributed by atoms with Crippen molar-refractivity contribution in [3.05, 3.63) is 23.2 Å². The first-order valence-electron chi connectivity index (χ1n) is 4.23. The van der Waals surface area contributed by atoms with Crippen molar-refractivity contribution in [1.29, 1.82) is 0 Å². The molecule has 1 aromatic rings. The average molecular weight is 422 g/mol. The number of benzene rings is 1. The summed E-state index contributed by atoms with van der Waals surface area (Å²) in [6, 6.07) is 0.988. The fraction of sp³-hybridized carbons (Fsp3) is 0.125. The molecule has 0 aliphatic carbocycles. The quantitative estimate of drug-likeness (QED) is 0.397. The lowest BCUT2D eigenvalue weighted by atomic mass is 10.3. The van der Waals surface area contributed by atoms with E-state index in [9.17, 15) is 24.2 Å². The van der Waals surface area contributed by atoms with Crippen LogP contribution in [-0.2, 0) is 4.79 Å². The summed E-state index contributed by atoms with van der Waals surface area (Å²) in [5.74, 6) is -0.502. The van der Waals surface area contributed by atoms with Crippen LogP contribution in [0.3, 0.4) is 0 Å². The van der Waals surface area contributed by atoms with Gasteiger partial charge in [0, 0.05) is 0 Å². The van der Waals surface area contributed by atoms with Crippen LogP contribution in [0.2, 0.25) is 5.02 Å². The van der Waals surface area contributed by atoms with E-state index < -0.39 is 26.0 Å². The monoisotopic (exact) mass is 421 g/mol. The van der Waals surface area contributed by atoms with Crippen molar-refractivity contribution in [2.24, 2.45) is 0 Å². The number of halogens is 7. The predicted octanol–water partition coefficient (Wildman–Crippen LogP) is 5.37. The van der Waals surface area contributed by atoms with Gasteiger partial charge in [0.25, 0.3) is 0 Å². The summed E-state index contributed by atoms with van der Waals surface area (Å²) in [5, 5.41) is 1.59. The summed E-state index contributed by atoms with van der Waals surface area (Å²) >= 11 is 7.16. The Labute approximate surface area is 118 Å². The smallest absolute Gasteiger partial charge is 0.310 e. The van der Waals surface area contributed by atoms with Gasteiger partial charge in [-0.1, -0.05) is 53.6 Å². The minimum Gasteiger partial charge on any atom is -0.324 e. The number of hydrogen-bond acceptors (Lipinski definition) is 1. The minimum atomic E-state index is -9.74. The Bertz CT molecular complexity index is 505. The van der Waals surface area contributed by atoms with E-state index in [4.69, 9.17) is 11.6 Å². The van der Waals surface area contributed by atoms with Gasteiger partial charge in [-0.3, -0.25) is 4.79 Å². The Hall–Kier alpha value is -0.290. The SMILES string of the molecule is O=C(CI)Nc1ccc(S(F)(F)(F)(F)F)cc1Cl. The normalized spacial score (nSPS) is 15.7. The Morgan fingerprint density at radius 2 is 1.83 bits per heavy atom. The standard InChI is InChI=1S/C8H6ClF5INOS/c9-6-3-5(18(10,11,12,13)14)1-2-7(6)16-8(17)4-15/h1-3H,4H2,(H,16,17). The Morgan fingerprint density at radius 1 is 1.28 bits per heavy atom. The van der Waals surface area contributed by atoms with Crippen LogP contribution >= 0.6 is 44.4 Å². The third-order valence-electron chi connectivity index (χ3n) is 1.78. The number of anilines is 1. The summed E-state index contributed by atoms with van der Waals surface area (Å²) < 4.78 is 62.3. The molecule has 0 unspecified atom stereocenters. The number of rotatable bonds is 3. The van der Waals surface area contributed by atoms with Crippen molar-refractivity contribution in [2.45, 2.75) is 4.90 Å². The van der Waals surface area contributed by atoms with Gasteiger partial charge in [0.2, 0.25) is 5.91 Å². The maximum absolute atomic E-state index is 12.4. The molecule has 0 bridgehead atoms. The summed E-state index contributed by atoms with van der Waals surface area (Å²) in [4.78, 5) is 8.91. The second kappa shape index (κ2) is 4.10. The maximum Gasteiger partial charge on any atom is 0.310 e. The molecule has 0 saturated heterocycles. The van der Waals surface area contributed by atoms with Crippen molar-refractivity contribution in [2.75, 3.05) is 9.74 Å². The summed E-state index contributed by atoms with van der Waals surface area (Å²) in [7, 11) is -9.74. The van der Waals surface area contributed by atoms with E-state index in [1.54, 1.807) is 22.6 Å². The van der Waals surface area contributed by atoms with E-state index in [2.05, 4.69) is 5.32 Å². The maximum atomic E-state index is 12.4. The summed E-state index contributed by atoms with van der Waals surface area (Å²) in [6.45, 7) is 0. The first-order valence-corrected chi connectivity index (χ1v) is 8.08. The molecule has 0 fully saturated rings. The van der Waals surface area contributed by atoms with E-state index in [-0.39, 0.29) is 22.2 Å². The number of nitrogens with one attached hydrogen (secondary N) is 1. The molecule has 1 rings (SSSR count). The van der Waals surface area contributed by atoms with E-state index >= 15 is 0 Å². The van der Waals surface area contributed by atoms with E-state index in [0.717, 1.165) is 0 Å². The highest BCUT2D eigenvalue weighted by Gasteiger charge is 2.65. The van der Waals surface area contributed by atoms with Crippen molar-refractivity contribution in [1.82, 2.24) is 0 Å². The van der Waals surface area contributed by atoms with E-state index in [1.807, 2.05) is 0 Å². The van der Waals surface area contributed by atoms with Crippen molar-refractivity contribution < 1.29 is 24.2 Å². The van der Waals surface area contributed by atoms with E-state index in [1.165, 1.54) is 0 Å². The highest BCUT2D eigenvalue weighted by Crippen LogP contribution is 3.02. The number of hydrogen-bond donors (Lipinski definition) is 1. The zero-order valence-electron chi connectivity index (χ0n) is 8.40. The lowest BCUT2D eigenvalue weighted by molar-refractivity contribution is -0.113. The molecule has 0 heterocycles. The van der Waals surface area contributed by atoms with Gasteiger partial charge in [-0.05, 0) is 18.2 Å². The topological polar surface area (TPSA) is 29.1 Å². The Kier molecular flexibility index (Phi) is 3.59. The van der Waals surface area contributed by atoms with Gasteiger partial charge < -0.3 is 5.32 Å². The van der Waals surface area contributed by atoms with Gasteiger partial charge in [-0.2, -0.15) is 0 Å². The average Bonchev–Trinajstić information content (AvgIpc) is 2.17. The molecule has 0 aliphatic rings. The fourth-order valence-electron chi connectivity index (χ4n) is 1.02. The molecule has 104 valence electrons. The van der Waals surface area contributed by atoms with E-state index in [0.29, 0.717) is 6.07 Å². The molecule has 0 aliphatic heterocycles. The minimum absolute atomic E-state index is 0.0530. The van der Waals surface area contributed by atoms with Crippen LogP contribution in [0.15, 0.2) is 23.1 Å². The number of alkyl halides is 1. The molecule has 2 nitrogen and oxygen atoms in total. The predicted molar refractivity (Wildman–Crippen MR) is 70.4 cm³/mol. The molecular formula is C8H6ClF5INOS. The fourth-order valence-corrected chi connectivity index (χ4v) is 2.17. The van der Waals surface area contributed by atoms with Crippen molar-refractivity contribution in [3.8, 4) is 0 Å². The summed E-state index contributed by atoms with van der Waals surface area (Å²) in [6.07, 6.45) is 0. The van der Waals surface area contributed by atoms with Gasteiger partial charge in [0.05, 0.1) is 15.1 Å². The van der Waals surface area contributed by atoms with Crippen LogP contribution in [-0.4, -0.2) is 10.3 Å². The second-order valence-electron chi connectivity index (χ2n) is 3.29. The zero-order valence-corrected chi connectivity index (χ0v) is 12.1. The molecule has 1 N–H and O–H groups in total. The highest BCUT2D eigenvalue weighted by molar-refractivity contribution is 14.1. The molecule has 0 saturated carbocycles. The van der Waals surface area contributed by atoms with Crippen LogP contribution in [0, 0.1) is 0 Å². The van der Waals surface area contributed by atoms with Crippen LogP contribution < -0.4 is 5.32 Å². The number of carbonyl (C=O) groups excluding carboxylic acids is 1. The first kappa shape index (κ1) is 15.8. The largest absolute Gasteiger partial charge is 0.324 e. The third-order valence-corrected chi connectivity index (χ3v) is 3.93. The second-order valence-corrected chi connectivity index (χ2v) is 6.87. The first-order chi connectivity index (χ1) is 7.83. The van der Waals surface area contributed by atoms with Crippen LogP contribution in [0.25, 0.3) is 0 Å². The number of amides is 1. The molecular weight excluding hydrogens is 416 g/mol. The van der Waals surface area contributed by atoms with Gasteiger partial charge in [0.15, 0.2) is 0 Å². The Balaban J connectivity index is 3.20. The van der Waals surface area contributed by atoms with Gasteiger partial charge in [0.1, 0.15) is 4.90 Å². The lowest BCUT2D eigenvalue weighted by Crippen LogP contribution is -2.13. The molecule has 18 heavy (non-hydrogen) atoms. The van der Waals surface area contributed by atoms with Crippen molar-refractivity contribution >= 4 is 56.0 Å². The van der Waals surface area contributed by atoms with Gasteiger partial charge in [-0.15, -0.1) is 0 Å². The molecule has 1 aromatic carbocycles. The Morgan fingerprint density at radius 3 is 2.22 bits per heavy atom. The van der Waals surface area contributed by atoms with Gasteiger partial charge >= 0.3 is 10.2 Å². The van der Waals surface area contributed by atoms with Gasteiger partial charge in [-0.25, -0.2) is 0 Å². The molecule has 0 atom stereocenters. The molecule has 0 spiro atoms. The molecule has 0 aromatic heterocycles. The summed E-state index contributed by atoms with van der Waals surface area (Å²) in [5.41, 5.74) is -0.149. The molecule has 0 radical (unpaired) electrons. The molecule has 10 heteroatoms. The van der Waals surface area contributed by atoms with Crippen molar-refractivity contribution in [3.63, 3.8) is 0 Å². The number of carbonyl (C=O) groups is 1. The van der Waals surface area contributed by atoms with Crippen LogP contribution in [0.5, 0.6) is 0 Å². The highest BCUT2D eigenvalue weighted by atomic mass is 127. The molecule has 1 amide bonds. The van der Waals surface area contributed by atoms with Crippen LogP contribution in [0.4, 0.5) is 25.1 Å². The van der Waals surface area contributed by atoms with Crippen LogP contribution in [0.1, 0.15) is 0 Å². The third kappa shape index (κ3) is 4.12. The zero-order chi connectivity index (χ0) is 14.3.